The molecular formula is C15H17N3S. The Bertz CT molecular complexity index is 536. The monoisotopic (exact) mass is 271 g/mol. The topological polar surface area (TPSA) is 39.4 Å². The van der Waals surface area contributed by atoms with E-state index in [9.17, 15) is 0 Å². The Morgan fingerprint density at radius 1 is 1.26 bits per heavy atom. The Balaban J connectivity index is 1.82. The fourth-order valence-electron chi connectivity index (χ4n) is 2.94. The number of hydrogen-bond donors (Lipinski definition) is 0. The molecule has 1 saturated carbocycles. The van der Waals surface area contributed by atoms with E-state index in [1.54, 1.807) is 0 Å². The molecule has 0 radical (unpaired) electrons. The predicted molar refractivity (Wildman–Crippen MR) is 79.7 cm³/mol. The maximum absolute atomic E-state index is 8.80. The van der Waals surface area contributed by atoms with Gasteiger partial charge in [-0.3, -0.25) is 0 Å². The molecule has 2 aliphatic rings. The second kappa shape index (κ2) is 4.90. The number of nitriles is 1. The van der Waals surface area contributed by atoms with Gasteiger partial charge in [0.05, 0.1) is 22.9 Å². The molecule has 1 aliphatic heterocycles. The average Bonchev–Trinajstić information content (AvgIpc) is 3.03. The number of nitrogens with zero attached hydrogens (tertiary/aromatic N) is 3. The van der Waals surface area contributed by atoms with Crippen molar-refractivity contribution < 1.29 is 0 Å². The molecule has 0 amide bonds. The molecule has 3 nitrogen and oxygen atoms in total. The molecule has 0 bridgehead atoms. The van der Waals surface area contributed by atoms with Crippen molar-refractivity contribution in [3.8, 4) is 6.07 Å². The normalized spacial score (nSPS) is 23.2. The van der Waals surface area contributed by atoms with Crippen LogP contribution in [0.4, 0.5) is 5.69 Å². The van der Waals surface area contributed by atoms with Gasteiger partial charge in [-0.1, -0.05) is 24.6 Å². The van der Waals surface area contributed by atoms with E-state index in [2.05, 4.69) is 18.0 Å². The van der Waals surface area contributed by atoms with Gasteiger partial charge in [-0.2, -0.15) is 5.26 Å². The molecule has 0 atom stereocenters. The van der Waals surface area contributed by atoms with Crippen LogP contribution < -0.4 is 0 Å². The van der Waals surface area contributed by atoms with Crippen LogP contribution in [0, 0.1) is 11.3 Å². The van der Waals surface area contributed by atoms with Gasteiger partial charge in [0.1, 0.15) is 0 Å². The number of amidine groups is 1. The SMILES string of the molecule is CN1C(=Nc2ccc(C#N)cc2)SCC12CCCC2. The fraction of sp³-hybridized carbons (Fsp3) is 0.467. The minimum absolute atomic E-state index is 0.357. The summed E-state index contributed by atoms with van der Waals surface area (Å²) in [6.45, 7) is 0. The maximum atomic E-state index is 8.80. The lowest BCUT2D eigenvalue weighted by atomic mass is 9.99. The highest BCUT2D eigenvalue weighted by molar-refractivity contribution is 8.14. The summed E-state index contributed by atoms with van der Waals surface area (Å²) in [5, 5.41) is 9.91. The van der Waals surface area contributed by atoms with E-state index in [0.717, 1.165) is 10.9 Å². The van der Waals surface area contributed by atoms with Crippen LogP contribution in [-0.2, 0) is 0 Å². The zero-order valence-corrected chi connectivity index (χ0v) is 11.9. The number of aliphatic imine (C=N–C) groups is 1. The number of thioether (sulfide) groups is 1. The zero-order valence-electron chi connectivity index (χ0n) is 11.1. The second-order valence-corrected chi connectivity index (χ2v) is 6.27. The molecule has 0 aromatic heterocycles. The highest BCUT2D eigenvalue weighted by Crippen LogP contribution is 2.44. The van der Waals surface area contributed by atoms with E-state index in [1.165, 1.54) is 31.4 Å². The van der Waals surface area contributed by atoms with Gasteiger partial charge >= 0.3 is 0 Å². The Hall–Kier alpha value is -1.47. The zero-order chi connectivity index (χ0) is 13.3. The van der Waals surface area contributed by atoms with Gasteiger partial charge in [0.25, 0.3) is 0 Å². The minimum Gasteiger partial charge on any atom is -0.348 e. The third kappa shape index (κ3) is 2.23. The maximum Gasteiger partial charge on any atom is 0.164 e. The second-order valence-electron chi connectivity index (χ2n) is 5.33. The lowest BCUT2D eigenvalue weighted by molar-refractivity contribution is 0.256. The first-order valence-corrected chi connectivity index (χ1v) is 7.68. The fourth-order valence-corrected chi connectivity index (χ4v) is 4.37. The summed E-state index contributed by atoms with van der Waals surface area (Å²) in [6, 6.07) is 9.61. The molecule has 0 unspecified atom stereocenters. The van der Waals surface area contributed by atoms with Gasteiger partial charge < -0.3 is 4.90 Å². The summed E-state index contributed by atoms with van der Waals surface area (Å²) in [6.07, 6.45) is 5.27. The Labute approximate surface area is 118 Å². The number of hydrogen-bond acceptors (Lipinski definition) is 3. The van der Waals surface area contributed by atoms with Crippen molar-refractivity contribution in [1.82, 2.24) is 4.90 Å². The van der Waals surface area contributed by atoms with Crippen molar-refractivity contribution in [2.45, 2.75) is 31.2 Å². The highest BCUT2D eigenvalue weighted by atomic mass is 32.2. The van der Waals surface area contributed by atoms with E-state index in [0.29, 0.717) is 11.1 Å². The first kappa shape index (κ1) is 12.6. The first-order valence-electron chi connectivity index (χ1n) is 6.69. The average molecular weight is 271 g/mol. The largest absolute Gasteiger partial charge is 0.348 e. The molecule has 2 fully saturated rings. The molecule has 1 heterocycles. The molecule has 3 rings (SSSR count). The van der Waals surface area contributed by atoms with Crippen LogP contribution in [0.5, 0.6) is 0 Å². The summed E-state index contributed by atoms with van der Waals surface area (Å²) in [7, 11) is 2.17. The van der Waals surface area contributed by atoms with Crippen LogP contribution >= 0.6 is 11.8 Å². The molecule has 1 aromatic carbocycles. The van der Waals surface area contributed by atoms with Gasteiger partial charge in [0.15, 0.2) is 5.17 Å². The molecule has 1 aromatic rings. The minimum atomic E-state index is 0.357. The van der Waals surface area contributed by atoms with Gasteiger partial charge in [-0.05, 0) is 37.1 Å². The van der Waals surface area contributed by atoms with Gasteiger partial charge in [-0.15, -0.1) is 0 Å². The van der Waals surface area contributed by atoms with Crippen LogP contribution in [0.25, 0.3) is 0 Å². The molecular weight excluding hydrogens is 254 g/mol. The summed E-state index contributed by atoms with van der Waals surface area (Å²) in [4.78, 5) is 7.11. The smallest absolute Gasteiger partial charge is 0.164 e. The third-order valence-corrected chi connectivity index (χ3v) is 5.53. The van der Waals surface area contributed by atoms with Crippen molar-refractivity contribution in [3.05, 3.63) is 29.8 Å². The van der Waals surface area contributed by atoms with Crippen molar-refractivity contribution in [2.24, 2.45) is 4.99 Å². The summed E-state index contributed by atoms with van der Waals surface area (Å²) in [5.74, 6) is 1.17. The van der Waals surface area contributed by atoms with E-state index >= 15 is 0 Å². The lowest BCUT2D eigenvalue weighted by Gasteiger charge is -2.32. The highest BCUT2D eigenvalue weighted by Gasteiger charge is 2.44. The molecule has 98 valence electrons. The van der Waals surface area contributed by atoms with Crippen molar-refractivity contribution in [1.29, 1.82) is 5.26 Å². The van der Waals surface area contributed by atoms with Crippen molar-refractivity contribution in [2.75, 3.05) is 12.8 Å². The van der Waals surface area contributed by atoms with E-state index in [4.69, 9.17) is 10.3 Å². The Kier molecular flexibility index (Phi) is 3.24. The van der Waals surface area contributed by atoms with Crippen LogP contribution in [-0.4, -0.2) is 28.4 Å². The van der Waals surface area contributed by atoms with Crippen LogP contribution in [0.2, 0.25) is 0 Å². The van der Waals surface area contributed by atoms with Crippen LogP contribution in [0.15, 0.2) is 29.3 Å². The molecule has 19 heavy (non-hydrogen) atoms. The van der Waals surface area contributed by atoms with Gasteiger partial charge in [0, 0.05) is 12.8 Å². The van der Waals surface area contributed by atoms with Crippen LogP contribution in [0.3, 0.4) is 0 Å². The van der Waals surface area contributed by atoms with Gasteiger partial charge in [0.2, 0.25) is 0 Å². The van der Waals surface area contributed by atoms with E-state index in [1.807, 2.05) is 36.0 Å². The standard InChI is InChI=1S/C15H17N3S/c1-18-14(19-11-15(18)8-2-3-9-15)17-13-6-4-12(10-16)5-7-13/h4-7H,2-3,8-9,11H2,1H3. The molecule has 1 saturated heterocycles. The number of benzene rings is 1. The van der Waals surface area contributed by atoms with Gasteiger partial charge in [-0.25, -0.2) is 4.99 Å². The van der Waals surface area contributed by atoms with Crippen molar-refractivity contribution >= 4 is 22.6 Å². The molecule has 1 aliphatic carbocycles. The first-order chi connectivity index (χ1) is 9.23. The lowest BCUT2D eigenvalue weighted by Crippen LogP contribution is -2.42. The Morgan fingerprint density at radius 3 is 2.58 bits per heavy atom. The molecule has 4 heteroatoms. The van der Waals surface area contributed by atoms with Crippen molar-refractivity contribution in [3.63, 3.8) is 0 Å². The van der Waals surface area contributed by atoms with Crippen LogP contribution in [0.1, 0.15) is 31.2 Å². The summed E-state index contributed by atoms with van der Waals surface area (Å²) in [5.41, 5.74) is 1.97. The third-order valence-electron chi connectivity index (χ3n) is 4.22. The molecule has 1 spiro atoms. The summed E-state index contributed by atoms with van der Waals surface area (Å²) < 4.78 is 0. The van der Waals surface area contributed by atoms with E-state index < -0.39 is 0 Å². The Morgan fingerprint density at radius 2 is 1.95 bits per heavy atom. The van der Waals surface area contributed by atoms with E-state index in [-0.39, 0.29) is 0 Å². The predicted octanol–water partition coefficient (Wildman–Crippen LogP) is 3.54. The summed E-state index contributed by atoms with van der Waals surface area (Å²) >= 11 is 1.86. The number of rotatable bonds is 1. The molecule has 0 N–H and O–H groups in total. The quantitative estimate of drug-likeness (QED) is 0.784.